The van der Waals surface area contributed by atoms with E-state index in [4.69, 9.17) is 9.47 Å². The van der Waals surface area contributed by atoms with Gasteiger partial charge in [-0.15, -0.1) is 0 Å². The number of hydrogen-bond acceptors (Lipinski definition) is 4. The third kappa shape index (κ3) is 10.1. The number of nitrogens with one attached hydrogen (secondary N) is 2. The molecular weight excluding hydrogens is 305 g/mol. The molecule has 0 rings (SSSR count). The standard InChI is InChI=1S/C13H23F3N2O4/c1-11(2,3)21-9(19)17-7-8(13(14,15)16)18-10(20)22-12(4,5)6/h8H,7H2,1-6H3,(H,17,19)(H,18,20). The summed E-state index contributed by atoms with van der Waals surface area (Å²) < 4.78 is 48.1. The van der Waals surface area contributed by atoms with Crippen molar-refractivity contribution in [2.75, 3.05) is 6.54 Å². The summed E-state index contributed by atoms with van der Waals surface area (Å²) in [6.45, 7) is 8.43. The quantitative estimate of drug-likeness (QED) is 0.835. The lowest BCUT2D eigenvalue weighted by molar-refractivity contribution is -0.153. The Balaban J connectivity index is 4.62. The van der Waals surface area contributed by atoms with Crippen LogP contribution in [-0.2, 0) is 9.47 Å². The summed E-state index contributed by atoms with van der Waals surface area (Å²) in [6, 6.07) is -2.28. The number of carbonyl (C=O) groups is 2. The molecule has 9 heteroatoms. The first kappa shape index (κ1) is 20.3. The molecule has 1 atom stereocenters. The third-order valence-electron chi connectivity index (χ3n) is 1.94. The van der Waals surface area contributed by atoms with Crippen LogP contribution in [0.3, 0.4) is 0 Å². The van der Waals surface area contributed by atoms with Gasteiger partial charge >= 0.3 is 18.4 Å². The number of hydrogen-bond donors (Lipinski definition) is 2. The molecule has 22 heavy (non-hydrogen) atoms. The fourth-order valence-electron chi connectivity index (χ4n) is 1.20. The van der Waals surface area contributed by atoms with Crippen LogP contribution >= 0.6 is 0 Å². The summed E-state index contributed by atoms with van der Waals surface area (Å²) in [4.78, 5) is 22.8. The Hall–Kier alpha value is -1.67. The van der Waals surface area contributed by atoms with E-state index in [-0.39, 0.29) is 0 Å². The van der Waals surface area contributed by atoms with Gasteiger partial charge in [0.25, 0.3) is 0 Å². The van der Waals surface area contributed by atoms with Crippen LogP contribution in [0.25, 0.3) is 0 Å². The van der Waals surface area contributed by atoms with E-state index in [0.29, 0.717) is 0 Å². The molecule has 0 bridgehead atoms. The molecule has 6 nitrogen and oxygen atoms in total. The van der Waals surface area contributed by atoms with Crippen LogP contribution in [-0.4, -0.2) is 42.2 Å². The summed E-state index contributed by atoms with van der Waals surface area (Å²) in [7, 11) is 0. The lowest BCUT2D eigenvalue weighted by Crippen LogP contribution is -2.53. The molecule has 0 aromatic carbocycles. The summed E-state index contributed by atoms with van der Waals surface area (Å²) in [6.07, 6.45) is -6.97. The van der Waals surface area contributed by atoms with Crippen molar-refractivity contribution < 1.29 is 32.2 Å². The van der Waals surface area contributed by atoms with Gasteiger partial charge in [0.1, 0.15) is 17.2 Å². The van der Waals surface area contributed by atoms with Crippen molar-refractivity contribution in [2.24, 2.45) is 0 Å². The molecule has 0 aromatic heterocycles. The molecule has 0 aliphatic carbocycles. The zero-order chi connectivity index (χ0) is 17.8. The van der Waals surface area contributed by atoms with E-state index in [1.54, 1.807) is 26.1 Å². The molecule has 2 N–H and O–H groups in total. The number of ether oxygens (including phenoxy) is 2. The molecule has 0 saturated heterocycles. The lowest BCUT2D eigenvalue weighted by atomic mass is 10.2. The molecule has 130 valence electrons. The highest BCUT2D eigenvalue weighted by Crippen LogP contribution is 2.20. The van der Waals surface area contributed by atoms with E-state index >= 15 is 0 Å². The van der Waals surface area contributed by atoms with Gasteiger partial charge in [-0.25, -0.2) is 9.59 Å². The van der Waals surface area contributed by atoms with Crippen LogP contribution in [0.2, 0.25) is 0 Å². The monoisotopic (exact) mass is 328 g/mol. The Morgan fingerprint density at radius 3 is 1.68 bits per heavy atom. The van der Waals surface area contributed by atoms with Gasteiger partial charge in [-0.05, 0) is 41.5 Å². The minimum atomic E-state index is -4.74. The van der Waals surface area contributed by atoms with Gasteiger partial charge in [0.2, 0.25) is 0 Å². The highest BCUT2D eigenvalue weighted by atomic mass is 19.4. The summed E-state index contributed by atoms with van der Waals surface area (Å²) in [5.41, 5.74) is -1.77. The first-order chi connectivity index (χ1) is 9.60. The molecule has 1 unspecified atom stereocenters. The maximum atomic E-state index is 12.8. The minimum Gasteiger partial charge on any atom is -0.444 e. The Labute approximate surface area is 127 Å². The highest BCUT2D eigenvalue weighted by Gasteiger charge is 2.41. The summed E-state index contributed by atoms with van der Waals surface area (Å²) in [5, 5.41) is 3.64. The van der Waals surface area contributed by atoms with E-state index in [9.17, 15) is 22.8 Å². The minimum absolute atomic E-state index is 0.837. The van der Waals surface area contributed by atoms with Gasteiger partial charge in [-0.2, -0.15) is 13.2 Å². The molecular formula is C13H23F3N2O4. The van der Waals surface area contributed by atoms with Crippen molar-refractivity contribution >= 4 is 12.2 Å². The Kier molecular flexibility index (Phi) is 6.52. The van der Waals surface area contributed by atoms with Crippen LogP contribution in [0, 0.1) is 0 Å². The Bertz CT molecular complexity index is 398. The van der Waals surface area contributed by atoms with Crippen molar-refractivity contribution in [3.63, 3.8) is 0 Å². The first-order valence-electron chi connectivity index (χ1n) is 6.63. The third-order valence-corrected chi connectivity index (χ3v) is 1.94. The van der Waals surface area contributed by atoms with Gasteiger partial charge in [0, 0.05) is 0 Å². The van der Waals surface area contributed by atoms with Crippen molar-refractivity contribution in [3.05, 3.63) is 0 Å². The van der Waals surface area contributed by atoms with Gasteiger partial charge in [0.05, 0.1) is 6.54 Å². The second-order valence-corrected chi connectivity index (χ2v) is 6.62. The predicted octanol–water partition coefficient (Wildman–Crippen LogP) is 2.97. The van der Waals surface area contributed by atoms with Crippen LogP contribution in [0.1, 0.15) is 41.5 Å². The van der Waals surface area contributed by atoms with Crippen LogP contribution in [0.4, 0.5) is 22.8 Å². The largest absolute Gasteiger partial charge is 0.444 e. The van der Waals surface area contributed by atoms with E-state index in [2.05, 4.69) is 0 Å². The lowest BCUT2D eigenvalue weighted by Gasteiger charge is -2.26. The second-order valence-electron chi connectivity index (χ2n) is 6.62. The average Bonchev–Trinajstić information content (AvgIpc) is 2.16. The van der Waals surface area contributed by atoms with Gasteiger partial charge in [-0.1, -0.05) is 0 Å². The first-order valence-corrected chi connectivity index (χ1v) is 6.63. The van der Waals surface area contributed by atoms with E-state index in [1.165, 1.54) is 20.8 Å². The summed E-state index contributed by atoms with van der Waals surface area (Å²) in [5.74, 6) is 0. The molecule has 0 fully saturated rings. The number of carbonyl (C=O) groups excluding carboxylic acids is 2. The molecule has 0 spiro atoms. The predicted molar refractivity (Wildman–Crippen MR) is 73.4 cm³/mol. The van der Waals surface area contributed by atoms with Gasteiger partial charge < -0.3 is 20.1 Å². The van der Waals surface area contributed by atoms with Crippen molar-refractivity contribution in [3.8, 4) is 0 Å². The molecule has 0 aromatic rings. The van der Waals surface area contributed by atoms with Crippen LogP contribution in [0.15, 0.2) is 0 Å². The average molecular weight is 328 g/mol. The number of rotatable bonds is 3. The summed E-state index contributed by atoms with van der Waals surface area (Å²) >= 11 is 0. The van der Waals surface area contributed by atoms with E-state index in [0.717, 1.165) is 0 Å². The van der Waals surface area contributed by atoms with Crippen LogP contribution < -0.4 is 10.6 Å². The zero-order valence-electron chi connectivity index (χ0n) is 13.6. The fourth-order valence-corrected chi connectivity index (χ4v) is 1.20. The maximum absolute atomic E-state index is 12.8. The smallest absolute Gasteiger partial charge is 0.410 e. The van der Waals surface area contributed by atoms with E-state index < -0.39 is 42.2 Å². The number of alkyl carbamates (subject to hydrolysis) is 2. The normalized spacial score (nSPS) is 14.0. The van der Waals surface area contributed by atoms with Crippen LogP contribution in [0.5, 0.6) is 0 Å². The highest BCUT2D eigenvalue weighted by molar-refractivity contribution is 5.69. The second kappa shape index (κ2) is 7.06. The Morgan fingerprint density at radius 2 is 1.32 bits per heavy atom. The molecule has 0 saturated carbocycles. The van der Waals surface area contributed by atoms with Crippen molar-refractivity contribution in [2.45, 2.75) is 65.0 Å². The molecule has 0 radical (unpaired) electrons. The van der Waals surface area contributed by atoms with Gasteiger partial charge in [-0.3, -0.25) is 0 Å². The topological polar surface area (TPSA) is 76.7 Å². The zero-order valence-corrected chi connectivity index (χ0v) is 13.6. The maximum Gasteiger partial charge on any atom is 0.410 e. The molecule has 0 heterocycles. The molecule has 0 aliphatic rings. The fraction of sp³-hybridized carbons (Fsp3) is 0.846. The number of halogens is 3. The van der Waals surface area contributed by atoms with Crippen molar-refractivity contribution in [1.29, 1.82) is 0 Å². The van der Waals surface area contributed by atoms with E-state index in [1.807, 2.05) is 5.32 Å². The van der Waals surface area contributed by atoms with Crippen molar-refractivity contribution in [1.82, 2.24) is 10.6 Å². The molecule has 0 aliphatic heterocycles. The number of amides is 2. The number of alkyl halides is 3. The SMILES string of the molecule is CC(C)(C)OC(=O)NCC(NC(=O)OC(C)(C)C)C(F)(F)F. The Morgan fingerprint density at radius 1 is 0.909 bits per heavy atom. The van der Waals surface area contributed by atoms with Gasteiger partial charge in [0.15, 0.2) is 0 Å². The molecule has 2 amide bonds.